The Labute approximate surface area is 148 Å². The standard InChI is InChI=1S/C18H17N3O5/c1-11-10-13(20-26-11)17(22)19-15-12-4-2-3-5-14(12)25-16(15)18(23)21-6-8-24-9-7-21/h2-5,10H,6-9H2,1H3,(H,19,22). The smallest absolute Gasteiger partial charge is 0.291 e. The summed E-state index contributed by atoms with van der Waals surface area (Å²) in [4.78, 5) is 27.1. The largest absolute Gasteiger partial charge is 0.449 e. The van der Waals surface area contributed by atoms with Crippen LogP contribution < -0.4 is 5.32 Å². The number of nitrogens with one attached hydrogen (secondary N) is 1. The molecule has 2 aromatic heterocycles. The van der Waals surface area contributed by atoms with E-state index in [-0.39, 0.29) is 17.4 Å². The molecule has 0 bridgehead atoms. The summed E-state index contributed by atoms with van der Waals surface area (Å²) >= 11 is 0. The quantitative estimate of drug-likeness (QED) is 0.775. The Balaban J connectivity index is 1.71. The van der Waals surface area contributed by atoms with E-state index in [4.69, 9.17) is 13.7 Å². The van der Waals surface area contributed by atoms with Crippen molar-refractivity contribution in [2.75, 3.05) is 31.6 Å². The van der Waals surface area contributed by atoms with Crippen molar-refractivity contribution in [3.8, 4) is 0 Å². The van der Waals surface area contributed by atoms with Gasteiger partial charge < -0.3 is 23.9 Å². The van der Waals surface area contributed by atoms with Gasteiger partial charge in [0, 0.05) is 24.5 Å². The highest BCUT2D eigenvalue weighted by atomic mass is 16.5. The SMILES string of the molecule is Cc1cc(C(=O)Nc2c(C(=O)N3CCOCC3)oc3ccccc23)no1. The fourth-order valence-electron chi connectivity index (χ4n) is 2.88. The van der Waals surface area contributed by atoms with Gasteiger partial charge >= 0.3 is 0 Å². The number of carbonyl (C=O) groups excluding carboxylic acids is 2. The average molecular weight is 355 g/mol. The van der Waals surface area contributed by atoms with Crippen molar-refractivity contribution in [1.29, 1.82) is 0 Å². The van der Waals surface area contributed by atoms with Crippen LogP contribution in [0.4, 0.5) is 5.69 Å². The lowest BCUT2D eigenvalue weighted by Gasteiger charge is -2.26. The molecule has 3 heterocycles. The number of benzene rings is 1. The molecular weight excluding hydrogens is 338 g/mol. The van der Waals surface area contributed by atoms with Crippen LogP contribution >= 0.6 is 0 Å². The second-order valence-corrected chi connectivity index (χ2v) is 5.98. The normalized spacial score (nSPS) is 14.6. The lowest BCUT2D eigenvalue weighted by atomic mass is 10.2. The van der Waals surface area contributed by atoms with Crippen molar-refractivity contribution < 1.29 is 23.3 Å². The topological polar surface area (TPSA) is 97.8 Å². The second-order valence-electron chi connectivity index (χ2n) is 5.98. The van der Waals surface area contributed by atoms with Crippen molar-refractivity contribution in [3.05, 3.63) is 47.5 Å². The third-order valence-electron chi connectivity index (χ3n) is 4.19. The van der Waals surface area contributed by atoms with E-state index in [0.29, 0.717) is 48.7 Å². The zero-order chi connectivity index (χ0) is 18.1. The van der Waals surface area contributed by atoms with E-state index < -0.39 is 5.91 Å². The van der Waals surface area contributed by atoms with Crippen LogP contribution in [-0.2, 0) is 4.74 Å². The molecule has 0 spiro atoms. The van der Waals surface area contributed by atoms with E-state index in [1.165, 1.54) is 6.07 Å². The number of nitrogens with zero attached hydrogens (tertiary/aromatic N) is 2. The predicted molar refractivity (Wildman–Crippen MR) is 92.1 cm³/mol. The molecule has 2 amide bonds. The van der Waals surface area contributed by atoms with Crippen LogP contribution in [0.5, 0.6) is 0 Å². The number of amides is 2. The van der Waals surface area contributed by atoms with Crippen molar-refractivity contribution in [3.63, 3.8) is 0 Å². The lowest BCUT2D eigenvalue weighted by molar-refractivity contribution is 0.0285. The zero-order valence-corrected chi connectivity index (χ0v) is 14.2. The second kappa shape index (κ2) is 6.64. The van der Waals surface area contributed by atoms with Gasteiger partial charge in [0.05, 0.1) is 13.2 Å². The first kappa shape index (κ1) is 16.3. The minimum absolute atomic E-state index is 0.0988. The van der Waals surface area contributed by atoms with Gasteiger partial charge in [-0.1, -0.05) is 17.3 Å². The zero-order valence-electron chi connectivity index (χ0n) is 14.2. The van der Waals surface area contributed by atoms with E-state index in [0.717, 1.165) is 0 Å². The molecule has 1 aromatic carbocycles. The lowest BCUT2D eigenvalue weighted by Crippen LogP contribution is -2.40. The van der Waals surface area contributed by atoms with Crippen LogP contribution in [-0.4, -0.2) is 48.2 Å². The van der Waals surface area contributed by atoms with Gasteiger partial charge in [0.25, 0.3) is 11.8 Å². The number of furan rings is 1. The average Bonchev–Trinajstić information content (AvgIpc) is 3.26. The Bertz CT molecular complexity index is 968. The van der Waals surface area contributed by atoms with Crippen molar-refractivity contribution in [1.82, 2.24) is 10.1 Å². The molecule has 0 unspecified atom stereocenters. The number of para-hydroxylation sites is 1. The summed E-state index contributed by atoms with van der Waals surface area (Å²) in [5, 5.41) is 7.11. The highest BCUT2D eigenvalue weighted by molar-refractivity contribution is 6.13. The van der Waals surface area contributed by atoms with E-state index in [1.54, 1.807) is 30.0 Å². The highest BCUT2D eigenvalue weighted by Crippen LogP contribution is 2.32. The maximum Gasteiger partial charge on any atom is 0.291 e. The summed E-state index contributed by atoms with van der Waals surface area (Å²) in [6, 6.07) is 8.69. The van der Waals surface area contributed by atoms with Gasteiger partial charge in [-0.3, -0.25) is 9.59 Å². The molecular formula is C18H17N3O5. The Morgan fingerprint density at radius 2 is 1.96 bits per heavy atom. The number of rotatable bonds is 3. The molecule has 1 fully saturated rings. The van der Waals surface area contributed by atoms with Gasteiger partial charge in [-0.05, 0) is 19.1 Å². The van der Waals surface area contributed by atoms with Crippen LogP contribution in [0, 0.1) is 6.92 Å². The number of fused-ring (bicyclic) bond motifs is 1. The Kier molecular flexibility index (Phi) is 4.18. The Hall–Kier alpha value is -3.13. The Morgan fingerprint density at radius 3 is 2.69 bits per heavy atom. The number of hydrogen-bond acceptors (Lipinski definition) is 6. The molecule has 8 heteroatoms. The van der Waals surface area contributed by atoms with Gasteiger partial charge in [-0.2, -0.15) is 0 Å². The fraction of sp³-hybridized carbons (Fsp3) is 0.278. The van der Waals surface area contributed by atoms with Gasteiger partial charge in [0.15, 0.2) is 5.69 Å². The molecule has 1 N–H and O–H groups in total. The molecule has 1 aliphatic heterocycles. The summed E-state index contributed by atoms with van der Waals surface area (Å²) < 4.78 is 16.0. The molecule has 134 valence electrons. The van der Waals surface area contributed by atoms with Crippen LogP contribution in [0.2, 0.25) is 0 Å². The maximum atomic E-state index is 12.9. The molecule has 0 aliphatic carbocycles. The summed E-state index contributed by atoms with van der Waals surface area (Å²) in [6.07, 6.45) is 0. The molecule has 3 aromatic rings. The number of anilines is 1. The summed E-state index contributed by atoms with van der Waals surface area (Å²) in [6.45, 7) is 3.61. The third-order valence-corrected chi connectivity index (χ3v) is 4.19. The minimum Gasteiger partial charge on any atom is -0.449 e. The van der Waals surface area contributed by atoms with Gasteiger partial charge in [0.1, 0.15) is 17.0 Å². The fourth-order valence-corrected chi connectivity index (χ4v) is 2.88. The maximum absolute atomic E-state index is 12.9. The molecule has 0 radical (unpaired) electrons. The Morgan fingerprint density at radius 1 is 1.19 bits per heavy atom. The summed E-state index contributed by atoms with van der Waals surface area (Å²) in [5.74, 6) is -0.126. The van der Waals surface area contributed by atoms with Crippen LogP contribution in [0.3, 0.4) is 0 Å². The van der Waals surface area contributed by atoms with Crippen LogP contribution in [0.1, 0.15) is 26.8 Å². The molecule has 8 nitrogen and oxygen atoms in total. The number of morpholine rings is 1. The molecule has 1 aliphatic rings. The van der Waals surface area contributed by atoms with Crippen LogP contribution in [0.25, 0.3) is 11.0 Å². The molecule has 26 heavy (non-hydrogen) atoms. The summed E-state index contributed by atoms with van der Waals surface area (Å²) in [7, 11) is 0. The number of ether oxygens (including phenoxy) is 1. The van der Waals surface area contributed by atoms with E-state index in [2.05, 4.69) is 10.5 Å². The number of carbonyl (C=O) groups is 2. The monoisotopic (exact) mass is 355 g/mol. The van der Waals surface area contributed by atoms with Gasteiger partial charge in [-0.15, -0.1) is 0 Å². The van der Waals surface area contributed by atoms with Gasteiger partial charge in [0.2, 0.25) is 5.76 Å². The first-order valence-electron chi connectivity index (χ1n) is 8.26. The van der Waals surface area contributed by atoms with Crippen molar-refractivity contribution in [2.24, 2.45) is 0 Å². The molecule has 0 saturated carbocycles. The van der Waals surface area contributed by atoms with E-state index in [9.17, 15) is 9.59 Å². The number of aromatic nitrogens is 1. The minimum atomic E-state index is -0.468. The summed E-state index contributed by atoms with van der Waals surface area (Å²) in [5.41, 5.74) is 0.996. The molecule has 4 rings (SSSR count). The highest BCUT2D eigenvalue weighted by Gasteiger charge is 2.28. The molecule has 0 atom stereocenters. The van der Waals surface area contributed by atoms with E-state index >= 15 is 0 Å². The predicted octanol–water partition coefficient (Wildman–Crippen LogP) is 2.45. The van der Waals surface area contributed by atoms with Gasteiger partial charge in [-0.25, -0.2) is 0 Å². The first-order chi connectivity index (χ1) is 12.6. The van der Waals surface area contributed by atoms with Crippen molar-refractivity contribution in [2.45, 2.75) is 6.92 Å². The number of aryl methyl sites for hydroxylation is 1. The van der Waals surface area contributed by atoms with Crippen molar-refractivity contribution >= 4 is 28.5 Å². The van der Waals surface area contributed by atoms with E-state index in [1.807, 2.05) is 6.07 Å². The molecule has 1 saturated heterocycles. The number of hydrogen-bond donors (Lipinski definition) is 1. The first-order valence-corrected chi connectivity index (χ1v) is 8.26. The third kappa shape index (κ3) is 2.95. The van der Waals surface area contributed by atoms with Crippen LogP contribution in [0.15, 0.2) is 39.3 Å².